The molecule has 0 aromatic heterocycles. The molecule has 0 saturated carbocycles. The van der Waals surface area contributed by atoms with E-state index >= 15 is 0 Å². The summed E-state index contributed by atoms with van der Waals surface area (Å²) in [5.41, 5.74) is 9.63. The molecule has 0 bridgehead atoms. The summed E-state index contributed by atoms with van der Waals surface area (Å²) in [5, 5.41) is 3.22. The lowest BCUT2D eigenvalue weighted by Gasteiger charge is -2.11. The molecule has 3 heteroatoms. The van der Waals surface area contributed by atoms with Crippen molar-refractivity contribution in [3.63, 3.8) is 0 Å². The highest BCUT2D eigenvalue weighted by Crippen LogP contribution is 2.19. The van der Waals surface area contributed by atoms with Crippen LogP contribution in [0, 0.1) is 0 Å². The molecule has 0 heterocycles. The summed E-state index contributed by atoms with van der Waals surface area (Å²) in [5.74, 6) is 1.16. The molecule has 0 saturated heterocycles. The Bertz CT molecular complexity index is 489. The second kappa shape index (κ2) is 6.78. The van der Waals surface area contributed by atoms with Crippen LogP contribution in [0.4, 0.5) is 5.69 Å². The number of rotatable bonds is 5. The molecule has 1 aromatic rings. The number of aliphatic imine (C=N–C) groups is 1. The normalized spacial score (nSPS) is 11.8. The summed E-state index contributed by atoms with van der Waals surface area (Å²) in [7, 11) is 0. The molecule has 0 amide bonds. The van der Waals surface area contributed by atoms with E-state index in [4.69, 9.17) is 5.73 Å². The first-order valence-corrected chi connectivity index (χ1v) is 6.45. The Kier molecular flexibility index (Phi) is 5.37. The van der Waals surface area contributed by atoms with E-state index in [1.807, 2.05) is 26.0 Å². The number of hydrogen-bond acceptors (Lipinski definition) is 3. The largest absolute Gasteiger partial charge is 0.396 e. The van der Waals surface area contributed by atoms with Crippen LogP contribution >= 0.6 is 0 Å². The van der Waals surface area contributed by atoms with Gasteiger partial charge in [0.2, 0.25) is 0 Å². The number of benzene rings is 1. The van der Waals surface area contributed by atoms with Gasteiger partial charge in [-0.15, -0.1) is 0 Å². The van der Waals surface area contributed by atoms with Crippen LogP contribution in [-0.4, -0.2) is 5.71 Å². The van der Waals surface area contributed by atoms with Crippen LogP contribution in [0.3, 0.4) is 0 Å². The van der Waals surface area contributed by atoms with Crippen LogP contribution in [0.25, 0.3) is 0 Å². The monoisotopic (exact) mass is 257 g/mol. The van der Waals surface area contributed by atoms with E-state index in [1.165, 1.54) is 5.56 Å². The van der Waals surface area contributed by atoms with Gasteiger partial charge in [0.1, 0.15) is 0 Å². The van der Waals surface area contributed by atoms with Crippen molar-refractivity contribution in [2.24, 2.45) is 10.7 Å². The van der Waals surface area contributed by atoms with E-state index in [1.54, 1.807) is 6.08 Å². The molecular formula is C16H23N3. The Morgan fingerprint density at radius 2 is 1.84 bits per heavy atom. The van der Waals surface area contributed by atoms with Crippen molar-refractivity contribution in [3.05, 3.63) is 54.0 Å². The van der Waals surface area contributed by atoms with Gasteiger partial charge >= 0.3 is 0 Å². The first-order chi connectivity index (χ1) is 8.93. The summed E-state index contributed by atoms with van der Waals surface area (Å²) in [4.78, 5) is 4.39. The Hall–Kier alpha value is -2.03. The first-order valence-electron chi connectivity index (χ1n) is 6.45. The zero-order valence-electron chi connectivity index (χ0n) is 12.2. The van der Waals surface area contributed by atoms with Crippen molar-refractivity contribution in [1.82, 2.24) is 0 Å². The lowest BCUT2D eigenvalue weighted by molar-refractivity contribution is 0.867. The number of allylic oxidation sites excluding steroid dienone is 1. The molecule has 0 atom stereocenters. The molecule has 0 radical (unpaired) electrons. The second-order valence-electron chi connectivity index (χ2n) is 4.97. The maximum Gasteiger partial charge on any atom is 0.153 e. The standard InChI is InChI=1S/C16H23N3/c1-6-15(17)16(18-12(4)5)19-14-9-7-13(8-10-14)11(2)3/h6-11,19H,1,17H2,2-5H3/b16-15+. The predicted molar refractivity (Wildman–Crippen MR) is 84.3 cm³/mol. The van der Waals surface area contributed by atoms with Gasteiger partial charge in [0.15, 0.2) is 5.82 Å². The zero-order chi connectivity index (χ0) is 14.4. The van der Waals surface area contributed by atoms with Gasteiger partial charge in [-0.1, -0.05) is 32.6 Å². The van der Waals surface area contributed by atoms with Crippen molar-refractivity contribution in [3.8, 4) is 0 Å². The molecule has 0 fully saturated rings. The number of nitrogens with two attached hydrogens (primary N) is 1. The van der Waals surface area contributed by atoms with E-state index in [0.717, 1.165) is 11.4 Å². The maximum atomic E-state index is 5.88. The Morgan fingerprint density at radius 3 is 2.26 bits per heavy atom. The van der Waals surface area contributed by atoms with Gasteiger partial charge < -0.3 is 11.1 Å². The van der Waals surface area contributed by atoms with E-state index in [2.05, 4.69) is 42.9 Å². The Labute approximate surface area is 115 Å². The van der Waals surface area contributed by atoms with Crippen LogP contribution in [0.1, 0.15) is 39.2 Å². The Morgan fingerprint density at radius 1 is 1.26 bits per heavy atom. The fourth-order valence-corrected chi connectivity index (χ4v) is 1.57. The van der Waals surface area contributed by atoms with Gasteiger partial charge in [0.25, 0.3) is 0 Å². The van der Waals surface area contributed by atoms with E-state index in [0.29, 0.717) is 17.4 Å². The molecule has 0 aliphatic heterocycles. The van der Waals surface area contributed by atoms with Crippen molar-refractivity contribution in [2.45, 2.75) is 33.6 Å². The Balaban J connectivity index is 2.98. The lowest BCUT2D eigenvalue weighted by atomic mass is 10.0. The predicted octanol–water partition coefficient (Wildman–Crippen LogP) is 4.02. The average molecular weight is 257 g/mol. The van der Waals surface area contributed by atoms with E-state index < -0.39 is 0 Å². The van der Waals surface area contributed by atoms with Crippen LogP contribution in [0.15, 0.2) is 53.4 Å². The quantitative estimate of drug-likeness (QED) is 0.618. The van der Waals surface area contributed by atoms with Gasteiger partial charge in [-0.2, -0.15) is 0 Å². The van der Waals surface area contributed by atoms with Gasteiger partial charge in [0.05, 0.1) is 5.70 Å². The number of nitrogens with zero attached hydrogens (tertiary/aromatic N) is 1. The van der Waals surface area contributed by atoms with Crippen LogP contribution < -0.4 is 11.1 Å². The maximum absolute atomic E-state index is 5.88. The molecule has 0 unspecified atom stereocenters. The summed E-state index contributed by atoms with van der Waals surface area (Å²) in [6.45, 7) is 11.9. The molecule has 3 nitrogen and oxygen atoms in total. The minimum absolute atomic E-state index is 0.526. The molecule has 0 spiro atoms. The topological polar surface area (TPSA) is 50.4 Å². The minimum atomic E-state index is 0.526. The fourth-order valence-electron chi connectivity index (χ4n) is 1.57. The summed E-state index contributed by atoms with van der Waals surface area (Å²) >= 11 is 0. The highest BCUT2D eigenvalue weighted by atomic mass is 15.1. The molecule has 1 rings (SSSR count). The number of anilines is 1. The van der Waals surface area contributed by atoms with Gasteiger partial charge in [0, 0.05) is 11.4 Å². The SMILES string of the molecule is C=C/C(N)=C(/N=C(C)C)Nc1ccc(C(C)C)cc1. The molecule has 102 valence electrons. The van der Waals surface area contributed by atoms with Crippen molar-refractivity contribution < 1.29 is 0 Å². The second-order valence-corrected chi connectivity index (χ2v) is 4.97. The number of hydrogen-bond donors (Lipinski definition) is 2. The molecule has 1 aromatic carbocycles. The molecular weight excluding hydrogens is 234 g/mol. The molecule has 0 aliphatic rings. The van der Waals surface area contributed by atoms with E-state index in [-0.39, 0.29) is 0 Å². The van der Waals surface area contributed by atoms with Gasteiger partial charge in [-0.3, -0.25) is 0 Å². The average Bonchev–Trinajstić information content (AvgIpc) is 2.37. The van der Waals surface area contributed by atoms with E-state index in [9.17, 15) is 0 Å². The third-order valence-electron chi connectivity index (χ3n) is 2.67. The third kappa shape index (κ3) is 4.62. The minimum Gasteiger partial charge on any atom is -0.396 e. The van der Waals surface area contributed by atoms with Crippen LogP contribution in [0.5, 0.6) is 0 Å². The first kappa shape index (κ1) is 15.0. The molecule has 19 heavy (non-hydrogen) atoms. The smallest absolute Gasteiger partial charge is 0.153 e. The molecule has 0 aliphatic carbocycles. The van der Waals surface area contributed by atoms with Crippen molar-refractivity contribution in [1.29, 1.82) is 0 Å². The van der Waals surface area contributed by atoms with Crippen molar-refractivity contribution in [2.75, 3.05) is 5.32 Å². The van der Waals surface area contributed by atoms with Gasteiger partial charge in [-0.25, -0.2) is 4.99 Å². The highest BCUT2D eigenvalue weighted by Gasteiger charge is 2.02. The summed E-state index contributed by atoms with van der Waals surface area (Å²) < 4.78 is 0. The third-order valence-corrected chi connectivity index (χ3v) is 2.67. The number of nitrogens with one attached hydrogen (secondary N) is 1. The van der Waals surface area contributed by atoms with Crippen molar-refractivity contribution >= 4 is 11.4 Å². The summed E-state index contributed by atoms with van der Waals surface area (Å²) in [6, 6.07) is 8.28. The zero-order valence-corrected chi connectivity index (χ0v) is 12.2. The highest BCUT2D eigenvalue weighted by molar-refractivity contribution is 5.80. The van der Waals surface area contributed by atoms with Crippen LogP contribution in [0.2, 0.25) is 0 Å². The molecule has 3 N–H and O–H groups in total. The van der Waals surface area contributed by atoms with Gasteiger partial charge in [-0.05, 0) is 43.5 Å². The fraction of sp³-hybridized carbons (Fsp3) is 0.312. The van der Waals surface area contributed by atoms with Crippen LogP contribution in [-0.2, 0) is 0 Å². The lowest BCUT2D eigenvalue weighted by Crippen LogP contribution is -2.08. The summed E-state index contributed by atoms with van der Waals surface area (Å²) in [6.07, 6.45) is 1.59.